The van der Waals surface area contributed by atoms with Crippen LogP contribution in [-0.2, 0) is 4.52 Å². The van der Waals surface area contributed by atoms with Gasteiger partial charge in [0.05, 0.1) is 6.10 Å². The molecule has 0 aromatic heterocycles. The summed E-state index contributed by atoms with van der Waals surface area (Å²) in [6.07, 6.45) is 3.18. The molecule has 0 aliphatic heterocycles. The number of hydrogen-bond donors (Lipinski definition) is 2. The third-order valence-electron chi connectivity index (χ3n) is 1.64. The van der Waals surface area contributed by atoms with Crippen molar-refractivity contribution in [2.75, 3.05) is 0 Å². The van der Waals surface area contributed by atoms with Gasteiger partial charge in [-0.2, -0.15) is 0 Å². The van der Waals surface area contributed by atoms with Gasteiger partial charge >= 0.3 is 0 Å². The lowest BCUT2D eigenvalue weighted by molar-refractivity contribution is 0.219. The molecule has 3 nitrogen and oxygen atoms in total. The Bertz CT molecular complexity index is 89.0. The highest BCUT2D eigenvalue weighted by Gasteiger charge is 2.21. The standard InChI is InChI=1S/C5H12NO2P/c6-4-1-2-5(3-4)8-9-7/h4-5,7,9H,1-3,6H2. The predicted molar refractivity (Wildman–Crippen MR) is 37.2 cm³/mol. The first-order chi connectivity index (χ1) is 4.33. The van der Waals surface area contributed by atoms with E-state index in [0.717, 1.165) is 19.3 Å². The Morgan fingerprint density at radius 1 is 1.56 bits per heavy atom. The quantitative estimate of drug-likeness (QED) is 0.558. The van der Waals surface area contributed by atoms with Gasteiger partial charge in [-0.05, 0) is 19.3 Å². The van der Waals surface area contributed by atoms with Gasteiger partial charge in [0.2, 0.25) is 0 Å². The van der Waals surface area contributed by atoms with E-state index in [1.54, 1.807) is 0 Å². The summed E-state index contributed by atoms with van der Waals surface area (Å²) in [6, 6.07) is 0.298. The molecule has 1 rings (SSSR count). The number of nitrogens with two attached hydrogens (primary N) is 1. The fraction of sp³-hybridized carbons (Fsp3) is 1.00. The maximum atomic E-state index is 8.38. The lowest BCUT2D eigenvalue weighted by Crippen LogP contribution is -2.16. The van der Waals surface area contributed by atoms with Crippen LogP contribution in [0.3, 0.4) is 0 Å². The molecule has 0 aromatic carbocycles. The first kappa shape index (κ1) is 7.42. The van der Waals surface area contributed by atoms with E-state index in [9.17, 15) is 0 Å². The zero-order valence-electron chi connectivity index (χ0n) is 5.21. The van der Waals surface area contributed by atoms with E-state index in [4.69, 9.17) is 15.2 Å². The fourth-order valence-electron chi connectivity index (χ4n) is 1.15. The molecule has 0 radical (unpaired) electrons. The summed E-state index contributed by atoms with van der Waals surface area (Å²) in [7, 11) is -0.374. The van der Waals surface area contributed by atoms with Crippen molar-refractivity contribution in [3.8, 4) is 0 Å². The highest BCUT2D eigenvalue weighted by molar-refractivity contribution is 7.25. The zero-order valence-corrected chi connectivity index (χ0v) is 6.21. The molecule has 1 fully saturated rings. The average molecular weight is 149 g/mol. The maximum Gasteiger partial charge on any atom is 0.152 e. The normalized spacial score (nSPS) is 36.7. The lowest BCUT2D eigenvalue weighted by Gasteiger charge is -2.06. The molecule has 0 amide bonds. The van der Waals surface area contributed by atoms with Gasteiger partial charge in [-0.25, -0.2) is 0 Å². The summed E-state index contributed by atoms with van der Waals surface area (Å²) >= 11 is 0. The van der Waals surface area contributed by atoms with Crippen LogP contribution in [-0.4, -0.2) is 17.0 Å². The second-order valence-electron chi connectivity index (χ2n) is 2.40. The Labute approximate surface area is 56.5 Å². The molecule has 3 unspecified atom stereocenters. The van der Waals surface area contributed by atoms with Crippen LogP contribution in [0, 0.1) is 0 Å². The Balaban J connectivity index is 2.14. The van der Waals surface area contributed by atoms with Gasteiger partial charge in [0.1, 0.15) is 0 Å². The minimum absolute atomic E-state index is 0.225. The summed E-state index contributed by atoms with van der Waals surface area (Å²) in [5.41, 5.74) is 5.60. The van der Waals surface area contributed by atoms with Gasteiger partial charge in [-0.1, -0.05) is 0 Å². The summed E-state index contributed by atoms with van der Waals surface area (Å²) in [5, 5.41) is 0. The van der Waals surface area contributed by atoms with E-state index >= 15 is 0 Å². The van der Waals surface area contributed by atoms with Gasteiger partial charge in [0.25, 0.3) is 0 Å². The molecule has 4 heteroatoms. The van der Waals surface area contributed by atoms with E-state index < -0.39 is 0 Å². The van der Waals surface area contributed by atoms with Gasteiger partial charge in [-0.15, -0.1) is 0 Å². The molecule has 0 aromatic rings. The van der Waals surface area contributed by atoms with Gasteiger partial charge in [0.15, 0.2) is 9.03 Å². The van der Waals surface area contributed by atoms with Gasteiger partial charge in [-0.3, -0.25) is 0 Å². The molecule has 3 atom stereocenters. The van der Waals surface area contributed by atoms with Crippen LogP contribution in [0.1, 0.15) is 19.3 Å². The molecule has 0 spiro atoms. The van der Waals surface area contributed by atoms with E-state index in [1.807, 2.05) is 0 Å². The zero-order chi connectivity index (χ0) is 6.69. The maximum absolute atomic E-state index is 8.38. The summed E-state index contributed by atoms with van der Waals surface area (Å²) < 4.78 is 4.98. The van der Waals surface area contributed by atoms with Crippen molar-refractivity contribution < 1.29 is 9.42 Å². The number of hydrogen-bond acceptors (Lipinski definition) is 3. The second-order valence-corrected chi connectivity index (χ2v) is 2.82. The van der Waals surface area contributed by atoms with Crippen LogP contribution in [0.15, 0.2) is 0 Å². The molecular weight excluding hydrogens is 137 g/mol. The van der Waals surface area contributed by atoms with Crippen molar-refractivity contribution >= 4 is 9.03 Å². The third kappa shape index (κ3) is 2.18. The Kier molecular flexibility index (Phi) is 2.86. The van der Waals surface area contributed by atoms with Crippen molar-refractivity contribution in [1.82, 2.24) is 0 Å². The summed E-state index contributed by atoms with van der Waals surface area (Å²) in [6.45, 7) is 0. The first-order valence-electron chi connectivity index (χ1n) is 3.13. The van der Waals surface area contributed by atoms with E-state index in [0.29, 0.717) is 6.04 Å². The summed E-state index contributed by atoms with van der Waals surface area (Å²) in [4.78, 5) is 8.38. The number of rotatable bonds is 2. The van der Waals surface area contributed by atoms with Crippen LogP contribution >= 0.6 is 9.03 Å². The minimum Gasteiger partial charge on any atom is -0.352 e. The van der Waals surface area contributed by atoms with Crippen LogP contribution in [0.5, 0.6) is 0 Å². The van der Waals surface area contributed by atoms with Crippen molar-refractivity contribution in [2.24, 2.45) is 5.73 Å². The van der Waals surface area contributed by atoms with Crippen molar-refractivity contribution in [1.29, 1.82) is 0 Å². The van der Waals surface area contributed by atoms with E-state index in [1.165, 1.54) is 0 Å². The molecule has 0 bridgehead atoms. The van der Waals surface area contributed by atoms with Gasteiger partial charge in [0, 0.05) is 6.04 Å². The molecule has 1 aliphatic rings. The monoisotopic (exact) mass is 149 g/mol. The first-order valence-corrected chi connectivity index (χ1v) is 3.99. The molecule has 0 saturated heterocycles. The largest absolute Gasteiger partial charge is 0.352 e. The van der Waals surface area contributed by atoms with E-state index in [2.05, 4.69) is 0 Å². The average Bonchev–Trinajstić information content (AvgIpc) is 2.17. The SMILES string of the molecule is NC1CCC(OPO)C1. The molecule has 1 aliphatic carbocycles. The Hall–Kier alpha value is 0.310. The van der Waals surface area contributed by atoms with Crippen molar-refractivity contribution in [2.45, 2.75) is 31.4 Å². The molecule has 0 heterocycles. The highest BCUT2D eigenvalue weighted by Crippen LogP contribution is 2.24. The Morgan fingerprint density at radius 3 is 2.78 bits per heavy atom. The van der Waals surface area contributed by atoms with Crippen LogP contribution < -0.4 is 5.73 Å². The van der Waals surface area contributed by atoms with Crippen LogP contribution in [0.4, 0.5) is 0 Å². The minimum atomic E-state index is -0.374. The second kappa shape index (κ2) is 3.47. The van der Waals surface area contributed by atoms with Gasteiger partial charge < -0.3 is 15.2 Å². The molecule has 54 valence electrons. The molecule has 3 N–H and O–H groups in total. The van der Waals surface area contributed by atoms with Crippen LogP contribution in [0.25, 0.3) is 0 Å². The fourth-order valence-corrected chi connectivity index (χ4v) is 1.52. The molecular formula is C5H12NO2P. The van der Waals surface area contributed by atoms with Crippen LogP contribution in [0.2, 0.25) is 0 Å². The lowest BCUT2D eigenvalue weighted by atomic mass is 10.3. The smallest absolute Gasteiger partial charge is 0.152 e. The summed E-state index contributed by atoms with van der Waals surface area (Å²) in [5.74, 6) is 0. The van der Waals surface area contributed by atoms with E-state index in [-0.39, 0.29) is 15.1 Å². The molecule has 1 saturated carbocycles. The third-order valence-corrected chi connectivity index (χ3v) is 2.08. The van der Waals surface area contributed by atoms with Crippen molar-refractivity contribution in [3.05, 3.63) is 0 Å². The Morgan fingerprint density at radius 2 is 2.33 bits per heavy atom. The highest BCUT2D eigenvalue weighted by atomic mass is 31.1. The topological polar surface area (TPSA) is 55.5 Å². The molecule has 9 heavy (non-hydrogen) atoms. The predicted octanol–water partition coefficient (Wildman–Crippen LogP) is 0.384. The van der Waals surface area contributed by atoms with Crippen molar-refractivity contribution in [3.63, 3.8) is 0 Å².